The minimum atomic E-state index is -3.71. The van der Waals surface area contributed by atoms with Gasteiger partial charge in [-0.15, -0.1) is 8.78 Å². The van der Waals surface area contributed by atoms with Crippen LogP contribution in [0, 0.1) is 0 Å². The van der Waals surface area contributed by atoms with Crippen molar-refractivity contribution in [2.45, 2.75) is 13.2 Å². The molecule has 0 fully saturated rings. The van der Waals surface area contributed by atoms with Gasteiger partial charge in [-0.2, -0.15) is 0 Å². The van der Waals surface area contributed by atoms with Crippen molar-refractivity contribution in [1.82, 2.24) is 0 Å². The van der Waals surface area contributed by atoms with E-state index in [9.17, 15) is 18.4 Å². The third-order valence-electron chi connectivity index (χ3n) is 3.23. The number of ether oxygens (including phenoxy) is 3. The van der Waals surface area contributed by atoms with Crippen molar-refractivity contribution in [3.63, 3.8) is 0 Å². The van der Waals surface area contributed by atoms with Gasteiger partial charge < -0.3 is 24.8 Å². The summed E-state index contributed by atoms with van der Waals surface area (Å²) in [5, 5.41) is 5.11. The van der Waals surface area contributed by atoms with Gasteiger partial charge in [0.25, 0.3) is 5.91 Å². The van der Waals surface area contributed by atoms with Crippen LogP contribution in [0.15, 0.2) is 42.5 Å². The van der Waals surface area contributed by atoms with Crippen LogP contribution in [0.1, 0.15) is 6.92 Å². The fourth-order valence-electron chi connectivity index (χ4n) is 2.21. The number of halogens is 2. The van der Waals surface area contributed by atoms with E-state index in [4.69, 9.17) is 4.74 Å². The van der Waals surface area contributed by atoms with Gasteiger partial charge in [0.1, 0.15) is 5.75 Å². The molecule has 136 valence electrons. The third-order valence-corrected chi connectivity index (χ3v) is 3.23. The van der Waals surface area contributed by atoms with Crippen molar-refractivity contribution in [2.24, 2.45) is 0 Å². The molecular weight excluding hydrogens is 350 g/mol. The Bertz CT molecular complexity index is 840. The van der Waals surface area contributed by atoms with Gasteiger partial charge in [-0.25, -0.2) is 0 Å². The van der Waals surface area contributed by atoms with Gasteiger partial charge in [0.05, 0.1) is 0 Å². The highest BCUT2D eigenvalue weighted by atomic mass is 19.3. The van der Waals surface area contributed by atoms with Gasteiger partial charge in [0.15, 0.2) is 18.1 Å². The molecule has 0 saturated heterocycles. The molecule has 2 aromatic carbocycles. The predicted molar refractivity (Wildman–Crippen MR) is 87.5 cm³/mol. The van der Waals surface area contributed by atoms with Crippen molar-refractivity contribution < 1.29 is 32.6 Å². The van der Waals surface area contributed by atoms with Gasteiger partial charge >= 0.3 is 6.29 Å². The molecule has 0 spiro atoms. The van der Waals surface area contributed by atoms with E-state index in [2.05, 4.69) is 20.1 Å². The molecule has 0 radical (unpaired) electrons. The van der Waals surface area contributed by atoms with Crippen molar-refractivity contribution in [3.8, 4) is 17.2 Å². The van der Waals surface area contributed by atoms with Crippen molar-refractivity contribution >= 4 is 23.2 Å². The normalized spacial score (nSPS) is 13.8. The molecule has 2 aromatic rings. The zero-order valence-corrected chi connectivity index (χ0v) is 13.5. The molecule has 0 aliphatic carbocycles. The lowest BCUT2D eigenvalue weighted by molar-refractivity contribution is -0.286. The van der Waals surface area contributed by atoms with E-state index < -0.39 is 12.2 Å². The zero-order valence-electron chi connectivity index (χ0n) is 13.5. The van der Waals surface area contributed by atoms with E-state index in [1.54, 1.807) is 24.3 Å². The monoisotopic (exact) mass is 364 g/mol. The first-order valence-electron chi connectivity index (χ1n) is 7.51. The van der Waals surface area contributed by atoms with Crippen LogP contribution >= 0.6 is 0 Å². The minimum absolute atomic E-state index is 0.108. The van der Waals surface area contributed by atoms with Crippen LogP contribution in [0.5, 0.6) is 17.2 Å². The Morgan fingerprint density at radius 1 is 1.00 bits per heavy atom. The summed E-state index contributed by atoms with van der Waals surface area (Å²) in [6.45, 7) is 1.11. The second-order valence-corrected chi connectivity index (χ2v) is 5.37. The molecule has 1 heterocycles. The lowest BCUT2D eigenvalue weighted by atomic mass is 10.3. The van der Waals surface area contributed by atoms with Crippen LogP contribution in [0.25, 0.3) is 0 Å². The summed E-state index contributed by atoms with van der Waals surface area (Å²) in [6, 6.07) is 10.4. The molecule has 0 aromatic heterocycles. The van der Waals surface area contributed by atoms with E-state index >= 15 is 0 Å². The Kier molecular flexibility index (Phi) is 4.61. The maximum Gasteiger partial charge on any atom is 0.586 e. The Hall–Kier alpha value is -3.36. The molecule has 0 atom stereocenters. The molecule has 9 heteroatoms. The lowest BCUT2D eigenvalue weighted by Gasteiger charge is -2.09. The standard InChI is InChI=1S/C17H14F2N2O5/c1-10(22)20-11-2-5-13(6-3-11)24-9-16(23)21-12-4-7-14-15(8-12)26-17(18,19)25-14/h2-8H,9H2,1H3,(H,20,22)(H,21,23). The molecule has 2 amide bonds. The predicted octanol–water partition coefficient (Wildman–Crippen LogP) is 2.98. The summed E-state index contributed by atoms with van der Waals surface area (Å²) in [5.74, 6) is -0.522. The number of hydrogen-bond donors (Lipinski definition) is 2. The molecule has 0 saturated carbocycles. The Labute approximate surface area is 146 Å². The average molecular weight is 364 g/mol. The van der Waals surface area contributed by atoms with Crippen LogP contribution in [-0.2, 0) is 9.59 Å². The van der Waals surface area contributed by atoms with Gasteiger partial charge in [0.2, 0.25) is 5.91 Å². The number of nitrogens with one attached hydrogen (secondary N) is 2. The molecule has 1 aliphatic rings. The number of rotatable bonds is 5. The number of anilines is 2. The van der Waals surface area contributed by atoms with Gasteiger partial charge in [-0.3, -0.25) is 9.59 Å². The maximum absolute atomic E-state index is 13.0. The van der Waals surface area contributed by atoms with Crippen LogP contribution in [-0.4, -0.2) is 24.7 Å². The summed E-state index contributed by atoms with van der Waals surface area (Å²) in [7, 11) is 0. The number of amides is 2. The van der Waals surface area contributed by atoms with E-state index in [-0.39, 0.29) is 29.7 Å². The van der Waals surface area contributed by atoms with Crippen LogP contribution < -0.4 is 24.8 Å². The van der Waals surface area contributed by atoms with Crippen LogP contribution in [0.2, 0.25) is 0 Å². The molecule has 3 rings (SSSR count). The van der Waals surface area contributed by atoms with E-state index in [1.807, 2.05) is 0 Å². The number of fused-ring (bicyclic) bond motifs is 1. The molecule has 1 aliphatic heterocycles. The highest BCUT2D eigenvalue weighted by molar-refractivity contribution is 5.92. The number of carbonyl (C=O) groups excluding carboxylic acids is 2. The summed E-state index contributed by atoms with van der Waals surface area (Å²) >= 11 is 0. The summed E-state index contributed by atoms with van der Waals surface area (Å²) < 4.78 is 39.8. The fourth-order valence-corrected chi connectivity index (χ4v) is 2.21. The number of alkyl halides is 2. The molecule has 2 N–H and O–H groups in total. The molecular formula is C17H14F2N2O5. The first kappa shape index (κ1) is 17.5. The quantitative estimate of drug-likeness (QED) is 0.852. The van der Waals surface area contributed by atoms with E-state index in [1.165, 1.54) is 25.1 Å². The first-order valence-corrected chi connectivity index (χ1v) is 7.51. The Balaban J connectivity index is 1.53. The van der Waals surface area contributed by atoms with E-state index in [0.717, 1.165) is 0 Å². The van der Waals surface area contributed by atoms with Gasteiger partial charge in [-0.05, 0) is 36.4 Å². The van der Waals surface area contributed by atoms with Crippen LogP contribution in [0.4, 0.5) is 20.2 Å². The first-order chi connectivity index (χ1) is 12.3. The molecule has 26 heavy (non-hydrogen) atoms. The maximum atomic E-state index is 13.0. The highest BCUT2D eigenvalue weighted by Crippen LogP contribution is 2.42. The third kappa shape index (κ3) is 4.38. The second kappa shape index (κ2) is 6.87. The number of benzene rings is 2. The summed E-state index contributed by atoms with van der Waals surface area (Å²) in [4.78, 5) is 22.9. The number of hydrogen-bond acceptors (Lipinski definition) is 5. The van der Waals surface area contributed by atoms with Gasteiger partial charge in [-0.1, -0.05) is 0 Å². The molecule has 7 nitrogen and oxygen atoms in total. The van der Waals surface area contributed by atoms with Crippen LogP contribution in [0.3, 0.4) is 0 Å². The Morgan fingerprint density at radius 2 is 1.65 bits per heavy atom. The summed E-state index contributed by atoms with van der Waals surface area (Å²) in [6.07, 6.45) is -3.71. The van der Waals surface area contributed by atoms with Crippen molar-refractivity contribution in [3.05, 3.63) is 42.5 Å². The summed E-state index contributed by atoms with van der Waals surface area (Å²) in [5.41, 5.74) is 0.867. The highest BCUT2D eigenvalue weighted by Gasteiger charge is 2.43. The molecule has 0 unspecified atom stereocenters. The topological polar surface area (TPSA) is 85.9 Å². The average Bonchev–Trinajstić information content (AvgIpc) is 2.87. The smallest absolute Gasteiger partial charge is 0.484 e. The van der Waals surface area contributed by atoms with Crippen molar-refractivity contribution in [1.29, 1.82) is 0 Å². The van der Waals surface area contributed by atoms with Gasteiger partial charge in [0, 0.05) is 24.4 Å². The SMILES string of the molecule is CC(=O)Nc1ccc(OCC(=O)Nc2ccc3c(c2)OC(F)(F)O3)cc1. The van der Waals surface area contributed by atoms with Crippen molar-refractivity contribution in [2.75, 3.05) is 17.2 Å². The minimum Gasteiger partial charge on any atom is -0.484 e. The fraction of sp³-hybridized carbons (Fsp3) is 0.176. The lowest BCUT2D eigenvalue weighted by Crippen LogP contribution is -2.25. The second-order valence-electron chi connectivity index (χ2n) is 5.37. The number of carbonyl (C=O) groups is 2. The largest absolute Gasteiger partial charge is 0.586 e. The van der Waals surface area contributed by atoms with E-state index in [0.29, 0.717) is 11.4 Å². The molecule has 0 bridgehead atoms. The Morgan fingerprint density at radius 3 is 2.35 bits per heavy atom. The zero-order chi connectivity index (χ0) is 18.7.